The van der Waals surface area contributed by atoms with Crippen LogP contribution in [0.5, 0.6) is 0 Å². The molecule has 2 atom stereocenters. The summed E-state index contributed by atoms with van der Waals surface area (Å²) < 4.78 is 37.0. The predicted octanol–water partition coefficient (Wildman–Crippen LogP) is 2.91. The molecule has 0 saturated carbocycles. The highest BCUT2D eigenvalue weighted by Gasteiger charge is 2.40. The van der Waals surface area contributed by atoms with Gasteiger partial charge in [-0.25, -0.2) is 0 Å². The van der Waals surface area contributed by atoms with Crippen LogP contribution in [0.25, 0.3) is 0 Å². The fraction of sp³-hybridized carbons (Fsp3) is 0.583. The first kappa shape index (κ1) is 14.3. The topological polar surface area (TPSA) is 32.3 Å². The van der Waals surface area contributed by atoms with Crippen molar-refractivity contribution in [3.8, 4) is 0 Å². The zero-order chi connectivity index (χ0) is 14.0. The molecule has 1 aliphatic rings. The van der Waals surface area contributed by atoms with E-state index < -0.39 is 24.8 Å². The highest BCUT2D eigenvalue weighted by molar-refractivity contribution is 7.07. The van der Waals surface area contributed by atoms with Crippen LogP contribution in [0.3, 0.4) is 0 Å². The smallest absolute Gasteiger partial charge is 0.321 e. The van der Waals surface area contributed by atoms with Crippen molar-refractivity contribution < 1.29 is 18.0 Å². The molecule has 7 heteroatoms. The number of rotatable bonds is 4. The molecule has 1 N–H and O–H groups in total. The fourth-order valence-corrected chi connectivity index (χ4v) is 2.84. The van der Waals surface area contributed by atoms with Crippen LogP contribution in [0.15, 0.2) is 16.8 Å². The van der Waals surface area contributed by atoms with Crippen LogP contribution in [0.2, 0.25) is 0 Å². The van der Waals surface area contributed by atoms with E-state index in [2.05, 4.69) is 5.32 Å². The van der Waals surface area contributed by atoms with E-state index in [1.807, 2.05) is 23.8 Å². The molecule has 2 unspecified atom stereocenters. The molecule has 1 saturated heterocycles. The van der Waals surface area contributed by atoms with Gasteiger partial charge in [0.2, 0.25) is 5.91 Å². The van der Waals surface area contributed by atoms with Crippen LogP contribution in [0.1, 0.15) is 31.5 Å². The number of amides is 1. The SMILES string of the molecule is CCC1NC(c2ccsc2)N(CCC(F)(F)F)C1=O. The molecule has 0 radical (unpaired) electrons. The molecule has 19 heavy (non-hydrogen) atoms. The molecule has 1 aliphatic heterocycles. The van der Waals surface area contributed by atoms with Crippen molar-refractivity contribution in [1.29, 1.82) is 0 Å². The first-order chi connectivity index (χ1) is 8.92. The minimum atomic E-state index is -4.25. The van der Waals surface area contributed by atoms with Crippen LogP contribution in [0.4, 0.5) is 13.2 Å². The lowest BCUT2D eigenvalue weighted by atomic mass is 10.2. The average Bonchev–Trinajstić information content (AvgIpc) is 2.93. The maximum Gasteiger partial charge on any atom is 0.390 e. The molecule has 0 bridgehead atoms. The highest BCUT2D eigenvalue weighted by atomic mass is 32.1. The van der Waals surface area contributed by atoms with Gasteiger partial charge in [0.25, 0.3) is 0 Å². The van der Waals surface area contributed by atoms with Crippen LogP contribution in [0, 0.1) is 0 Å². The Bertz CT molecular complexity index is 433. The van der Waals surface area contributed by atoms with Gasteiger partial charge in [0.15, 0.2) is 0 Å². The van der Waals surface area contributed by atoms with Gasteiger partial charge in [0.05, 0.1) is 12.5 Å². The Kier molecular flexibility index (Phi) is 4.15. The largest absolute Gasteiger partial charge is 0.390 e. The molecule has 0 spiro atoms. The molecule has 2 rings (SSSR count). The van der Waals surface area contributed by atoms with Gasteiger partial charge < -0.3 is 4.90 Å². The lowest BCUT2D eigenvalue weighted by Gasteiger charge is -2.24. The number of hydrogen-bond acceptors (Lipinski definition) is 3. The summed E-state index contributed by atoms with van der Waals surface area (Å²) in [7, 11) is 0. The van der Waals surface area contributed by atoms with Crippen molar-refractivity contribution in [3.05, 3.63) is 22.4 Å². The van der Waals surface area contributed by atoms with Gasteiger partial charge in [0.1, 0.15) is 6.17 Å². The third-order valence-electron chi connectivity index (χ3n) is 3.16. The standard InChI is InChI=1S/C12H15F3N2OS/c1-2-9-11(18)17(5-4-12(13,14)15)10(16-9)8-3-6-19-7-8/h3,6-7,9-10,16H,2,4-5H2,1H3. The number of thiophene rings is 1. The van der Waals surface area contributed by atoms with E-state index in [-0.39, 0.29) is 12.5 Å². The van der Waals surface area contributed by atoms with Gasteiger partial charge in [-0.15, -0.1) is 0 Å². The maximum atomic E-state index is 12.3. The molecule has 0 aliphatic carbocycles. The minimum absolute atomic E-state index is 0.247. The molecule has 1 aromatic heterocycles. The Morgan fingerprint density at radius 2 is 2.21 bits per heavy atom. The normalized spacial score (nSPS) is 24.2. The van der Waals surface area contributed by atoms with Gasteiger partial charge in [-0.2, -0.15) is 24.5 Å². The molecule has 2 heterocycles. The number of halogens is 3. The molecule has 106 valence electrons. The lowest BCUT2D eigenvalue weighted by molar-refractivity contribution is -0.145. The Balaban J connectivity index is 2.13. The van der Waals surface area contributed by atoms with E-state index in [1.54, 1.807) is 0 Å². The van der Waals surface area contributed by atoms with Crippen LogP contribution in [-0.4, -0.2) is 29.6 Å². The summed E-state index contributed by atoms with van der Waals surface area (Å²) in [6.07, 6.45) is -5.09. The summed E-state index contributed by atoms with van der Waals surface area (Å²) in [5.74, 6) is -0.247. The Morgan fingerprint density at radius 3 is 2.74 bits per heavy atom. The third-order valence-corrected chi connectivity index (χ3v) is 3.86. The zero-order valence-electron chi connectivity index (χ0n) is 10.4. The highest BCUT2D eigenvalue weighted by Crippen LogP contribution is 2.30. The minimum Gasteiger partial charge on any atom is -0.321 e. The monoisotopic (exact) mass is 292 g/mol. The van der Waals surface area contributed by atoms with Gasteiger partial charge in [-0.1, -0.05) is 6.92 Å². The van der Waals surface area contributed by atoms with Gasteiger partial charge in [0, 0.05) is 6.54 Å². The van der Waals surface area contributed by atoms with E-state index in [1.165, 1.54) is 16.2 Å². The summed E-state index contributed by atoms with van der Waals surface area (Å²) in [6.45, 7) is 1.54. The van der Waals surface area contributed by atoms with Crippen molar-refractivity contribution in [2.75, 3.05) is 6.54 Å². The number of carbonyl (C=O) groups is 1. The van der Waals surface area contributed by atoms with Gasteiger partial charge >= 0.3 is 6.18 Å². The summed E-state index contributed by atoms with van der Waals surface area (Å²) in [6, 6.07) is 1.44. The quantitative estimate of drug-likeness (QED) is 0.925. The van der Waals surface area contributed by atoms with E-state index in [0.717, 1.165) is 5.56 Å². The van der Waals surface area contributed by atoms with Crippen LogP contribution < -0.4 is 5.32 Å². The van der Waals surface area contributed by atoms with Gasteiger partial charge in [-0.05, 0) is 28.8 Å². The first-order valence-electron chi connectivity index (χ1n) is 6.07. The molecule has 1 aromatic rings. The summed E-state index contributed by atoms with van der Waals surface area (Å²) in [5, 5.41) is 6.80. The van der Waals surface area contributed by atoms with Crippen molar-refractivity contribution in [2.45, 2.75) is 38.1 Å². The van der Waals surface area contributed by atoms with E-state index >= 15 is 0 Å². The van der Waals surface area contributed by atoms with Crippen molar-refractivity contribution in [2.24, 2.45) is 0 Å². The predicted molar refractivity (Wildman–Crippen MR) is 66.7 cm³/mol. The summed E-state index contributed by atoms with van der Waals surface area (Å²) >= 11 is 1.46. The zero-order valence-corrected chi connectivity index (χ0v) is 11.2. The Hall–Kier alpha value is -1.08. The molecule has 3 nitrogen and oxygen atoms in total. The van der Waals surface area contributed by atoms with Crippen molar-refractivity contribution in [1.82, 2.24) is 10.2 Å². The summed E-state index contributed by atoms with van der Waals surface area (Å²) in [4.78, 5) is 13.4. The fourth-order valence-electron chi connectivity index (χ4n) is 2.16. The van der Waals surface area contributed by atoms with E-state index in [0.29, 0.717) is 6.42 Å². The molecule has 1 fully saturated rings. The number of hydrogen-bond donors (Lipinski definition) is 1. The Labute approximate surface area is 113 Å². The molecule has 0 aromatic carbocycles. The van der Waals surface area contributed by atoms with Crippen LogP contribution >= 0.6 is 11.3 Å². The number of carbonyl (C=O) groups excluding carboxylic acids is 1. The third kappa shape index (κ3) is 3.27. The first-order valence-corrected chi connectivity index (χ1v) is 7.02. The van der Waals surface area contributed by atoms with E-state index in [9.17, 15) is 18.0 Å². The van der Waals surface area contributed by atoms with Crippen molar-refractivity contribution >= 4 is 17.2 Å². The molecule has 1 amide bonds. The second-order valence-electron chi connectivity index (χ2n) is 4.48. The number of nitrogens with zero attached hydrogens (tertiary/aromatic N) is 1. The molecular weight excluding hydrogens is 277 g/mol. The molecular formula is C12H15F3N2OS. The Morgan fingerprint density at radius 1 is 1.47 bits per heavy atom. The van der Waals surface area contributed by atoms with Crippen LogP contribution in [-0.2, 0) is 4.79 Å². The van der Waals surface area contributed by atoms with Crippen molar-refractivity contribution in [3.63, 3.8) is 0 Å². The number of nitrogens with one attached hydrogen (secondary N) is 1. The summed E-state index contributed by atoms with van der Waals surface area (Å²) in [5.41, 5.74) is 0.844. The second-order valence-corrected chi connectivity index (χ2v) is 5.26. The van der Waals surface area contributed by atoms with E-state index in [4.69, 9.17) is 0 Å². The lowest BCUT2D eigenvalue weighted by Crippen LogP contribution is -2.33. The maximum absolute atomic E-state index is 12.3. The average molecular weight is 292 g/mol. The number of alkyl halides is 3. The van der Waals surface area contributed by atoms with Gasteiger partial charge in [-0.3, -0.25) is 10.1 Å². The second kappa shape index (κ2) is 5.50.